The van der Waals surface area contributed by atoms with Gasteiger partial charge in [0.2, 0.25) is 0 Å². The van der Waals surface area contributed by atoms with Crippen LogP contribution < -0.4 is 4.74 Å². The van der Waals surface area contributed by atoms with Crippen molar-refractivity contribution in [3.05, 3.63) is 70.8 Å². The normalized spacial score (nSPS) is 11.2. The monoisotopic (exact) mass is 288 g/mol. The van der Waals surface area contributed by atoms with Gasteiger partial charge in [-0.05, 0) is 41.0 Å². The average molecular weight is 289 g/mol. The minimum atomic E-state index is -1.00. The molecule has 1 N–H and O–H groups in total. The van der Waals surface area contributed by atoms with Gasteiger partial charge in [0, 0.05) is 11.1 Å². The second kappa shape index (κ2) is 6.26. The van der Waals surface area contributed by atoms with Crippen LogP contribution in [0.1, 0.15) is 11.1 Å². The van der Waals surface area contributed by atoms with Gasteiger partial charge >= 0.3 is 5.97 Å². The lowest BCUT2D eigenvalue weighted by atomic mass is 9.97. The number of rotatable bonds is 4. The predicted octanol–water partition coefficient (Wildman–Crippen LogP) is 3.86. The molecule has 0 amide bonds. The van der Waals surface area contributed by atoms with Crippen LogP contribution in [-0.4, -0.2) is 18.2 Å². The molecule has 0 radical (unpaired) electrons. The Hall–Kier alpha value is -2.26. The first kappa shape index (κ1) is 14.2. The van der Waals surface area contributed by atoms with Crippen molar-refractivity contribution in [3.8, 4) is 5.75 Å². The number of aliphatic carboxylic acids is 1. The highest BCUT2D eigenvalue weighted by atomic mass is 35.5. The van der Waals surface area contributed by atoms with Crippen molar-refractivity contribution >= 4 is 23.1 Å². The first-order valence-electron chi connectivity index (χ1n) is 5.95. The van der Waals surface area contributed by atoms with Gasteiger partial charge < -0.3 is 9.84 Å². The van der Waals surface area contributed by atoms with E-state index in [0.717, 1.165) is 16.9 Å². The Kier molecular flexibility index (Phi) is 4.43. The molecule has 0 aliphatic heterocycles. The summed E-state index contributed by atoms with van der Waals surface area (Å²) in [5.41, 5.74) is 2.14. The molecule has 0 saturated carbocycles. The predicted molar refractivity (Wildman–Crippen MR) is 79.2 cm³/mol. The van der Waals surface area contributed by atoms with Crippen LogP contribution >= 0.6 is 11.6 Å². The van der Waals surface area contributed by atoms with Gasteiger partial charge in [-0.1, -0.05) is 35.9 Å². The number of carboxylic acids is 1. The average Bonchev–Trinajstić information content (AvgIpc) is 2.45. The Labute approximate surface area is 122 Å². The zero-order chi connectivity index (χ0) is 14.5. The Balaban J connectivity index is 2.50. The molecule has 0 aliphatic carbocycles. The molecule has 2 rings (SSSR count). The molecular formula is C16H13ClO3. The van der Waals surface area contributed by atoms with E-state index in [1.165, 1.54) is 6.08 Å². The molecule has 2 aromatic rings. The number of ether oxygens (including phenoxy) is 1. The summed E-state index contributed by atoms with van der Waals surface area (Å²) in [6.45, 7) is 0. The summed E-state index contributed by atoms with van der Waals surface area (Å²) in [4.78, 5) is 11.0. The molecule has 0 heterocycles. The van der Waals surface area contributed by atoms with Crippen LogP contribution in [0, 0.1) is 0 Å². The van der Waals surface area contributed by atoms with Gasteiger partial charge in [0.1, 0.15) is 5.75 Å². The number of methoxy groups -OCH3 is 1. The van der Waals surface area contributed by atoms with Gasteiger partial charge in [0.25, 0.3) is 0 Å². The number of carbonyl (C=O) groups is 1. The SMILES string of the molecule is COc1ccc(/C(=C\C(=O)O)c2cccc(Cl)c2)cc1. The molecule has 0 bridgehead atoms. The lowest BCUT2D eigenvalue weighted by Gasteiger charge is -2.09. The Morgan fingerprint density at radius 1 is 1.15 bits per heavy atom. The van der Waals surface area contributed by atoms with Crippen molar-refractivity contribution in [2.75, 3.05) is 7.11 Å². The van der Waals surface area contributed by atoms with E-state index < -0.39 is 5.97 Å². The molecule has 0 fully saturated rings. The molecule has 2 aromatic carbocycles. The first-order chi connectivity index (χ1) is 9.60. The molecule has 0 atom stereocenters. The number of benzene rings is 2. The van der Waals surface area contributed by atoms with Crippen LogP contribution in [0.5, 0.6) is 5.75 Å². The third-order valence-electron chi connectivity index (χ3n) is 2.80. The van der Waals surface area contributed by atoms with E-state index in [9.17, 15) is 4.79 Å². The summed E-state index contributed by atoms with van der Waals surface area (Å²) in [5.74, 6) is -0.287. The van der Waals surface area contributed by atoms with Crippen LogP contribution in [0.4, 0.5) is 0 Å². The van der Waals surface area contributed by atoms with E-state index in [1.807, 2.05) is 18.2 Å². The molecule has 0 aromatic heterocycles. The van der Waals surface area contributed by atoms with Crippen molar-refractivity contribution in [2.45, 2.75) is 0 Å². The second-order valence-corrected chi connectivity index (χ2v) is 4.57. The zero-order valence-corrected chi connectivity index (χ0v) is 11.6. The van der Waals surface area contributed by atoms with E-state index in [4.69, 9.17) is 21.4 Å². The van der Waals surface area contributed by atoms with Gasteiger partial charge in [-0.2, -0.15) is 0 Å². The Bertz CT molecular complexity index is 645. The highest BCUT2D eigenvalue weighted by molar-refractivity contribution is 6.30. The Morgan fingerprint density at radius 2 is 1.85 bits per heavy atom. The fourth-order valence-corrected chi connectivity index (χ4v) is 2.07. The topological polar surface area (TPSA) is 46.5 Å². The molecule has 3 nitrogen and oxygen atoms in total. The number of carboxylic acid groups (broad SMARTS) is 1. The molecule has 0 aliphatic rings. The third-order valence-corrected chi connectivity index (χ3v) is 3.04. The summed E-state index contributed by atoms with van der Waals surface area (Å²) in [7, 11) is 1.58. The van der Waals surface area contributed by atoms with E-state index in [1.54, 1.807) is 37.4 Å². The molecule has 0 saturated heterocycles. The molecule has 0 unspecified atom stereocenters. The van der Waals surface area contributed by atoms with Gasteiger partial charge in [0.15, 0.2) is 0 Å². The smallest absolute Gasteiger partial charge is 0.328 e. The van der Waals surface area contributed by atoms with Crippen LogP contribution in [0.3, 0.4) is 0 Å². The minimum absolute atomic E-state index is 0.562. The quantitative estimate of drug-likeness (QED) is 0.869. The summed E-state index contributed by atoms with van der Waals surface area (Å²) >= 11 is 5.97. The minimum Gasteiger partial charge on any atom is -0.497 e. The molecular weight excluding hydrogens is 276 g/mol. The molecule has 0 spiro atoms. The van der Waals surface area contributed by atoms with Gasteiger partial charge in [-0.25, -0.2) is 4.79 Å². The maximum Gasteiger partial charge on any atom is 0.328 e. The lowest BCUT2D eigenvalue weighted by molar-refractivity contribution is -0.131. The van der Waals surface area contributed by atoms with Gasteiger partial charge in [-0.3, -0.25) is 0 Å². The highest BCUT2D eigenvalue weighted by Crippen LogP contribution is 2.27. The van der Waals surface area contributed by atoms with Gasteiger partial charge in [-0.15, -0.1) is 0 Å². The Morgan fingerprint density at radius 3 is 2.40 bits per heavy atom. The third kappa shape index (κ3) is 3.39. The van der Waals surface area contributed by atoms with Crippen LogP contribution in [0.2, 0.25) is 5.02 Å². The number of hydrogen-bond donors (Lipinski definition) is 1. The molecule has 102 valence electrons. The van der Waals surface area contributed by atoms with E-state index >= 15 is 0 Å². The fraction of sp³-hybridized carbons (Fsp3) is 0.0625. The second-order valence-electron chi connectivity index (χ2n) is 4.14. The van der Waals surface area contributed by atoms with Crippen LogP contribution in [0.15, 0.2) is 54.6 Å². The van der Waals surface area contributed by atoms with E-state index in [-0.39, 0.29) is 0 Å². The molecule has 4 heteroatoms. The zero-order valence-electron chi connectivity index (χ0n) is 10.8. The van der Waals surface area contributed by atoms with Crippen molar-refractivity contribution in [2.24, 2.45) is 0 Å². The highest BCUT2D eigenvalue weighted by Gasteiger charge is 2.08. The van der Waals surface area contributed by atoms with Crippen LogP contribution in [0.25, 0.3) is 5.57 Å². The van der Waals surface area contributed by atoms with Crippen molar-refractivity contribution < 1.29 is 14.6 Å². The number of halogens is 1. The van der Waals surface area contributed by atoms with E-state index in [2.05, 4.69) is 0 Å². The first-order valence-corrected chi connectivity index (χ1v) is 6.33. The summed E-state index contributed by atoms with van der Waals surface area (Å²) in [5, 5.41) is 9.60. The number of hydrogen-bond acceptors (Lipinski definition) is 2. The van der Waals surface area contributed by atoms with Crippen molar-refractivity contribution in [1.82, 2.24) is 0 Å². The molecule has 20 heavy (non-hydrogen) atoms. The maximum atomic E-state index is 11.0. The van der Waals surface area contributed by atoms with Crippen molar-refractivity contribution in [3.63, 3.8) is 0 Å². The summed E-state index contributed by atoms with van der Waals surface area (Å²) in [6, 6.07) is 14.3. The summed E-state index contributed by atoms with van der Waals surface area (Å²) < 4.78 is 5.10. The lowest BCUT2D eigenvalue weighted by Crippen LogP contribution is -1.95. The maximum absolute atomic E-state index is 11.0. The largest absolute Gasteiger partial charge is 0.497 e. The van der Waals surface area contributed by atoms with Crippen LogP contribution in [-0.2, 0) is 4.79 Å². The fourth-order valence-electron chi connectivity index (χ4n) is 1.88. The standard InChI is InChI=1S/C16H13ClO3/c1-20-14-7-5-11(6-8-14)15(10-16(18)19)12-3-2-4-13(17)9-12/h2-10H,1H3,(H,18,19)/b15-10+. The summed E-state index contributed by atoms with van der Waals surface area (Å²) in [6.07, 6.45) is 1.17. The van der Waals surface area contributed by atoms with E-state index in [0.29, 0.717) is 10.6 Å². The van der Waals surface area contributed by atoms with Gasteiger partial charge in [0.05, 0.1) is 7.11 Å². The van der Waals surface area contributed by atoms with Crippen molar-refractivity contribution in [1.29, 1.82) is 0 Å².